The molecule has 0 radical (unpaired) electrons. The highest BCUT2D eigenvalue weighted by molar-refractivity contribution is 6.33. The Balaban J connectivity index is 1.83. The first-order valence-corrected chi connectivity index (χ1v) is 7.28. The summed E-state index contributed by atoms with van der Waals surface area (Å²) >= 11 is 6.01. The number of nitrogens with zero attached hydrogens (tertiary/aromatic N) is 2. The Kier molecular flexibility index (Phi) is 3.80. The molecule has 1 saturated carbocycles. The molecule has 0 unspecified atom stereocenters. The van der Waals surface area contributed by atoms with Gasteiger partial charge in [-0.3, -0.25) is 9.78 Å². The molecule has 0 spiro atoms. The van der Waals surface area contributed by atoms with E-state index in [1.54, 1.807) is 30.6 Å². The van der Waals surface area contributed by atoms with Gasteiger partial charge in [0.05, 0.1) is 10.7 Å². The summed E-state index contributed by atoms with van der Waals surface area (Å²) in [6.45, 7) is 0.591. The van der Waals surface area contributed by atoms with Crippen LogP contribution in [0, 0.1) is 0 Å². The van der Waals surface area contributed by atoms with Gasteiger partial charge >= 0.3 is 0 Å². The lowest BCUT2D eigenvalue weighted by atomic mass is 10.1. The zero-order chi connectivity index (χ0) is 14.8. The molecule has 4 nitrogen and oxygen atoms in total. The van der Waals surface area contributed by atoms with Gasteiger partial charge in [0.25, 0.3) is 5.91 Å². The lowest BCUT2D eigenvalue weighted by Crippen LogP contribution is -2.32. The number of benzene rings is 1. The molecule has 0 saturated heterocycles. The standard InChI is InChI=1S/C16H16ClN3O/c17-14-9-12(1-4-15(14)18)16(21)20(13-2-3-13)10-11-5-7-19-8-6-11/h1,4-9,13H,2-3,10,18H2. The van der Waals surface area contributed by atoms with Crippen LogP contribution in [0.4, 0.5) is 5.69 Å². The molecular weight excluding hydrogens is 286 g/mol. The summed E-state index contributed by atoms with van der Waals surface area (Å²) in [6.07, 6.45) is 5.59. The van der Waals surface area contributed by atoms with E-state index in [-0.39, 0.29) is 5.91 Å². The summed E-state index contributed by atoms with van der Waals surface area (Å²) in [6, 6.07) is 9.22. The summed E-state index contributed by atoms with van der Waals surface area (Å²) in [5.74, 6) is -0.00351. The molecule has 5 heteroatoms. The van der Waals surface area contributed by atoms with Crippen LogP contribution in [0.2, 0.25) is 5.02 Å². The van der Waals surface area contributed by atoms with Gasteiger partial charge in [-0.2, -0.15) is 0 Å². The van der Waals surface area contributed by atoms with E-state index in [4.69, 9.17) is 17.3 Å². The van der Waals surface area contributed by atoms with Gasteiger partial charge in [0.2, 0.25) is 0 Å². The van der Waals surface area contributed by atoms with Crippen molar-refractivity contribution in [1.82, 2.24) is 9.88 Å². The van der Waals surface area contributed by atoms with Crippen molar-refractivity contribution in [3.63, 3.8) is 0 Å². The van der Waals surface area contributed by atoms with Gasteiger partial charge in [0.1, 0.15) is 0 Å². The van der Waals surface area contributed by atoms with Crippen LogP contribution < -0.4 is 5.73 Å². The molecule has 108 valence electrons. The minimum atomic E-state index is -0.00351. The highest BCUT2D eigenvalue weighted by atomic mass is 35.5. The van der Waals surface area contributed by atoms with Gasteiger partial charge in [0.15, 0.2) is 0 Å². The highest BCUT2D eigenvalue weighted by Crippen LogP contribution is 2.30. The second-order valence-corrected chi connectivity index (χ2v) is 5.66. The first-order chi connectivity index (χ1) is 10.1. The Labute approximate surface area is 128 Å². The Morgan fingerprint density at radius 2 is 2.00 bits per heavy atom. The number of hydrogen-bond acceptors (Lipinski definition) is 3. The average Bonchev–Trinajstić information content (AvgIpc) is 3.33. The van der Waals surface area contributed by atoms with Crippen LogP contribution in [0.15, 0.2) is 42.7 Å². The number of pyridine rings is 1. The van der Waals surface area contributed by atoms with Crippen molar-refractivity contribution in [1.29, 1.82) is 0 Å². The van der Waals surface area contributed by atoms with E-state index in [1.165, 1.54) is 0 Å². The minimum absolute atomic E-state index is 0.00351. The SMILES string of the molecule is Nc1ccc(C(=O)N(Cc2ccncc2)C2CC2)cc1Cl. The van der Waals surface area contributed by atoms with E-state index in [0.717, 1.165) is 18.4 Å². The van der Waals surface area contributed by atoms with Crippen LogP contribution in [0.1, 0.15) is 28.8 Å². The minimum Gasteiger partial charge on any atom is -0.398 e. The van der Waals surface area contributed by atoms with E-state index < -0.39 is 0 Å². The highest BCUT2D eigenvalue weighted by Gasteiger charge is 2.33. The molecule has 1 aliphatic carbocycles. The molecule has 1 fully saturated rings. The van der Waals surface area contributed by atoms with Crippen molar-refractivity contribution in [3.8, 4) is 0 Å². The molecule has 1 amide bonds. The fourth-order valence-corrected chi connectivity index (χ4v) is 2.44. The first-order valence-electron chi connectivity index (χ1n) is 6.90. The summed E-state index contributed by atoms with van der Waals surface area (Å²) in [7, 11) is 0. The Bertz CT molecular complexity index is 656. The number of hydrogen-bond donors (Lipinski definition) is 1. The van der Waals surface area contributed by atoms with Gasteiger partial charge in [-0.25, -0.2) is 0 Å². The number of halogens is 1. The largest absolute Gasteiger partial charge is 0.398 e. The molecule has 1 aliphatic rings. The van der Waals surface area contributed by atoms with Gasteiger partial charge < -0.3 is 10.6 Å². The second-order valence-electron chi connectivity index (χ2n) is 5.26. The van der Waals surface area contributed by atoms with Gasteiger partial charge in [-0.05, 0) is 48.7 Å². The number of carbonyl (C=O) groups is 1. The van der Waals surface area contributed by atoms with Crippen LogP contribution >= 0.6 is 11.6 Å². The van der Waals surface area contributed by atoms with Crippen LogP contribution in [0.25, 0.3) is 0 Å². The van der Waals surface area contributed by atoms with Gasteiger partial charge in [0, 0.05) is 30.5 Å². The predicted octanol–water partition coefficient (Wildman–Crippen LogP) is 3.12. The summed E-state index contributed by atoms with van der Waals surface area (Å²) in [5.41, 5.74) is 7.84. The van der Waals surface area contributed by atoms with E-state index in [2.05, 4.69) is 4.98 Å². The topological polar surface area (TPSA) is 59.2 Å². The Morgan fingerprint density at radius 1 is 1.29 bits per heavy atom. The van der Waals surface area contributed by atoms with Crippen molar-refractivity contribution in [2.75, 3.05) is 5.73 Å². The molecule has 0 atom stereocenters. The summed E-state index contributed by atoms with van der Waals surface area (Å²) < 4.78 is 0. The lowest BCUT2D eigenvalue weighted by molar-refractivity contribution is 0.0730. The van der Waals surface area contributed by atoms with Crippen LogP contribution in [0.5, 0.6) is 0 Å². The quantitative estimate of drug-likeness (QED) is 0.883. The van der Waals surface area contributed by atoms with E-state index in [1.807, 2.05) is 17.0 Å². The third-order valence-electron chi connectivity index (χ3n) is 3.60. The van der Waals surface area contributed by atoms with E-state index in [9.17, 15) is 4.79 Å². The predicted molar refractivity (Wildman–Crippen MR) is 83.0 cm³/mol. The number of nitrogen functional groups attached to an aromatic ring is 1. The van der Waals surface area contributed by atoms with Crippen LogP contribution in [0.3, 0.4) is 0 Å². The fraction of sp³-hybridized carbons (Fsp3) is 0.250. The zero-order valence-electron chi connectivity index (χ0n) is 11.5. The van der Waals surface area contributed by atoms with Gasteiger partial charge in [-0.1, -0.05) is 11.6 Å². The maximum absolute atomic E-state index is 12.7. The third-order valence-corrected chi connectivity index (χ3v) is 3.93. The van der Waals surface area contributed by atoms with Crippen molar-refractivity contribution < 1.29 is 4.79 Å². The molecule has 0 bridgehead atoms. The van der Waals surface area contributed by atoms with E-state index >= 15 is 0 Å². The summed E-state index contributed by atoms with van der Waals surface area (Å²) in [4.78, 5) is 18.6. The molecular formula is C16H16ClN3O. The number of carbonyl (C=O) groups excluding carboxylic acids is 1. The second kappa shape index (κ2) is 5.74. The number of aromatic nitrogens is 1. The third kappa shape index (κ3) is 3.16. The first kappa shape index (κ1) is 13.9. The number of rotatable bonds is 4. The number of anilines is 1. The van der Waals surface area contributed by atoms with Crippen molar-refractivity contribution >= 4 is 23.2 Å². The molecule has 21 heavy (non-hydrogen) atoms. The van der Waals surface area contributed by atoms with Crippen LogP contribution in [-0.2, 0) is 6.54 Å². The maximum Gasteiger partial charge on any atom is 0.254 e. The molecule has 1 aromatic carbocycles. The van der Waals surface area contributed by atoms with E-state index in [0.29, 0.717) is 28.9 Å². The molecule has 1 heterocycles. The van der Waals surface area contributed by atoms with Crippen molar-refractivity contribution in [3.05, 3.63) is 58.9 Å². The van der Waals surface area contributed by atoms with Crippen molar-refractivity contribution in [2.45, 2.75) is 25.4 Å². The molecule has 2 N–H and O–H groups in total. The molecule has 2 aromatic rings. The average molecular weight is 302 g/mol. The van der Waals surface area contributed by atoms with Crippen LogP contribution in [-0.4, -0.2) is 21.8 Å². The molecule has 1 aromatic heterocycles. The number of amides is 1. The monoisotopic (exact) mass is 301 g/mol. The Morgan fingerprint density at radius 3 is 2.62 bits per heavy atom. The normalized spacial score (nSPS) is 14.0. The summed E-state index contributed by atoms with van der Waals surface area (Å²) in [5, 5.41) is 0.417. The smallest absolute Gasteiger partial charge is 0.254 e. The van der Waals surface area contributed by atoms with Crippen molar-refractivity contribution in [2.24, 2.45) is 0 Å². The zero-order valence-corrected chi connectivity index (χ0v) is 12.3. The Hall–Kier alpha value is -2.07. The van der Waals surface area contributed by atoms with Gasteiger partial charge in [-0.15, -0.1) is 0 Å². The number of nitrogens with two attached hydrogens (primary N) is 1. The molecule has 0 aliphatic heterocycles. The maximum atomic E-state index is 12.7. The fourth-order valence-electron chi connectivity index (χ4n) is 2.26. The lowest BCUT2D eigenvalue weighted by Gasteiger charge is -2.23. The molecule has 3 rings (SSSR count).